The molecule has 0 radical (unpaired) electrons. The molecule has 1 rings (SSSR count). The smallest absolute Gasteiger partial charge is 0.384 e. The largest absolute Gasteiger partial charge is 0.534 e. The van der Waals surface area contributed by atoms with E-state index in [1.165, 1.54) is 6.08 Å². The third-order valence-corrected chi connectivity index (χ3v) is 4.17. The predicted molar refractivity (Wildman–Crippen MR) is 65.5 cm³/mol. The fourth-order valence-corrected chi connectivity index (χ4v) is 2.54. The number of allylic oxidation sites excluding steroid dienone is 3. The van der Waals surface area contributed by atoms with Crippen LogP contribution in [0.1, 0.15) is 40.0 Å². The molecule has 7 heteroatoms. The summed E-state index contributed by atoms with van der Waals surface area (Å²) < 4.78 is 61.5. The van der Waals surface area contributed by atoms with Crippen molar-refractivity contribution in [2.75, 3.05) is 0 Å². The zero-order valence-electron chi connectivity index (χ0n) is 11.0. The van der Waals surface area contributed by atoms with Gasteiger partial charge in [-0.15, -0.1) is 0 Å². The van der Waals surface area contributed by atoms with E-state index in [0.717, 1.165) is 30.4 Å². The maximum Gasteiger partial charge on any atom is 0.534 e. The molecule has 0 aromatic rings. The van der Waals surface area contributed by atoms with E-state index in [-0.39, 0.29) is 5.41 Å². The van der Waals surface area contributed by atoms with Crippen LogP contribution in [0.3, 0.4) is 0 Å². The van der Waals surface area contributed by atoms with Crippen LogP contribution in [-0.2, 0) is 14.3 Å². The Morgan fingerprint density at radius 3 is 2.37 bits per heavy atom. The van der Waals surface area contributed by atoms with Crippen molar-refractivity contribution < 1.29 is 25.8 Å². The van der Waals surface area contributed by atoms with Crippen LogP contribution in [0.15, 0.2) is 23.5 Å². The van der Waals surface area contributed by atoms with Crippen molar-refractivity contribution in [2.24, 2.45) is 5.41 Å². The lowest BCUT2D eigenvalue weighted by Crippen LogP contribution is -2.24. The summed E-state index contributed by atoms with van der Waals surface area (Å²) in [6.07, 6.45) is 4.69. The third kappa shape index (κ3) is 3.75. The Morgan fingerprint density at radius 2 is 1.89 bits per heavy atom. The second-order valence-electron chi connectivity index (χ2n) is 5.23. The molecule has 0 bridgehead atoms. The number of hydrogen-bond acceptors (Lipinski definition) is 3. The SMILES string of the molecule is CC1=C(/C=C/OS(=O)(=O)C(F)(F)F)C(C)(C)CCC1. The number of rotatable bonds is 3. The number of hydrogen-bond donors (Lipinski definition) is 0. The van der Waals surface area contributed by atoms with Crippen LogP contribution >= 0.6 is 0 Å². The van der Waals surface area contributed by atoms with E-state index in [0.29, 0.717) is 6.26 Å². The molecule has 0 fully saturated rings. The molecule has 19 heavy (non-hydrogen) atoms. The molecule has 1 aliphatic carbocycles. The fourth-order valence-electron chi connectivity index (χ4n) is 2.23. The second kappa shape index (κ2) is 5.19. The Hall–Kier alpha value is -0.980. The fraction of sp³-hybridized carbons (Fsp3) is 0.667. The molecule has 0 amide bonds. The van der Waals surface area contributed by atoms with E-state index in [9.17, 15) is 21.6 Å². The summed E-state index contributed by atoms with van der Waals surface area (Å²) in [7, 11) is -5.56. The summed E-state index contributed by atoms with van der Waals surface area (Å²) in [6.45, 7) is 5.82. The molecule has 0 heterocycles. The minimum Gasteiger partial charge on any atom is -0.384 e. The first-order chi connectivity index (χ1) is 8.47. The van der Waals surface area contributed by atoms with Crippen molar-refractivity contribution >= 4 is 10.1 Å². The summed E-state index contributed by atoms with van der Waals surface area (Å²) in [5.74, 6) is 0. The van der Waals surface area contributed by atoms with Gasteiger partial charge in [-0.2, -0.15) is 21.6 Å². The van der Waals surface area contributed by atoms with Crippen LogP contribution in [0.4, 0.5) is 13.2 Å². The van der Waals surface area contributed by atoms with E-state index >= 15 is 0 Å². The second-order valence-corrected chi connectivity index (χ2v) is 6.79. The van der Waals surface area contributed by atoms with Gasteiger partial charge in [0.25, 0.3) is 0 Å². The highest BCUT2D eigenvalue weighted by atomic mass is 32.2. The van der Waals surface area contributed by atoms with Crippen LogP contribution in [0.25, 0.3) is 0 Å². The molecule has 0 aliphatic heterocycles. The predicted octanol–water partition coefficient (Wildman–Crippen LogP) is 3.89. The average molecular weight is 298 g/mol. The molecule has 0 aromatic carbocycles. The first-order valence-corrected chi connectivity index (χ1v) is 7.24. The van der Waals surface area contributed by atoms with Gasteiger partial charge in [0.2, 0.25) is 0 Å². The van der Waals surface area contributed by atoms with Crippen molar-refractivity contribution in [1.82, 2.24) is 0 Å². The van der Waals surface area contributed by atoms with Gasteiger partial charge in [-0.3, -0.25) is 0 Å². The van der Waals surface area contributed by atoms with Crippen LogP contribution < -0.4 is 0 Å². The zero-order chi connectivity index (χ0) is 14.9. The van der Waals surface area contributed by atoms with E-state index in [1.54, 1.807) is 0 Å². The zero-order valence-corrected chi connectivity index (χ0v) is 11.9. The Bertz CT molecular complexity index is 499. The van der Waals surface area contributed by atoms with E-state index < -0.39 is 15.6 Å². The molecule has 3 nitrogen and oxygen atoms in total. The van der Waals surface area contributed by atoms with E-state index in [2.05, 4.69) is 4.18 Å². The lowest BCUT2D eigenvalue weighted by atomic mass is 9.73. The molecule has 0 saturated heterocycles. The van der Waals surface area contributed by atoms with Gasteiger partial charge in [0.05, 0.1) is 0 Å². The first kappa shape index (κ1) is 16.1. The van der Waals surface area contributed by atoms with Crippen molar-refractivity contribution in [2.45, 2.75) is 45.5 Å². The van der Waals surface area contributed by atoms with E-state index in [4.69, 9.17) is 0 Å². The molecule has 110 valence electrons. The van der Waals surface area contributed by atoms with Gasteiger partial charge in [-0.1, -0.05) is 19.4 Å². The lowest BCUT2D eigenvalue weighted by Gasteiger charge is -2.32. The van der Waals surface area contributed by atoms with Crippen molar-refractivity contribution in [3.05, 3.63) is 23.5 Å². The summed E-state index contributed by atoms with van der Waals surface area (Å²) >= 11 is 0. The van der Waals surface area contributed by atoms with Gasteiger partial charge in [-0.25, -0.2) is 0 Å². The Morgan fingerprint density at radius 1 is 1.32 bits per heavy atom. The Labute approximate surface area is 111 Å². The summed E-state index contributed by atoms with van der Waals surface area (Å²) in [5, 5.41) is 0. The summed E-state index contributed by atoms with van der Waals surface area (Å²) in [5.41, 5.74) is -3.72. The van der Waals surface area contributed by atoms with Crippen molar-refractivity contribution in [3.63, 3.8) is 0 Å². The normalized spacial score (nSPS) is 20.9. The van der Waals surface area contributed by atoms with Gasteiger partial charge in [-0.05, 0) is 43.3 Å². The first-order valence-electron chi connectivity index (χ1n) is 5.84. The highest BCUT2D eigenvalue weighted by molar-refractivity contribution is 7.87. The van der Waals surface area contributed by atoms with Gasteiger partial charge in [0.15, 0.2) is 0 Å². The van der Waals surface area contributed by atoms with E-state index in [1.807, 2.05) is 20.8 Å². The molecular formula is C12H17F3O3S. The van der Waals surface area contributed by atoms with Gasteiger partial charge in [0.1, 0.15) is 6.26 Å². The van der Waals surface area contributed by atoms with Gasteiger partial charge in [0, 0.05) is 0 Å². The molecule has 0 unspecified atom stereocenters. The molecule has 0 spiro atoms. The molecule has 0 aromatic heterocycles. The molecule has 0 N–H and O–H groups in total. The minimum atomic E-state index is -5.56. The average Bonchev–Trinajstić information content (AvgIpc) is 2.20. The maximum atomic E-state index is 12.1. The van der Waals surface area contributed by atoms with Crippen molar-refractivity contribution in [3.8, 4) is 0 Å². The van der Waals surface area contributed by atoms with Gasteiger partial charge < -0.3 is 4.18 Å². The number of alkyl halides is 3. The minimum absolute atomic E-state index is 0.190. The maximum absolute atomic E-state index is 12.1. The Balaban J connectivity index is 2.89. The standard InChI is InChI=1S/C12H17F3O3S/c1-9-5-4-7-11(2,3)10(9)6-8-18-19(16,17)12(13,14)15/h6,8H,4-5,7H2,1-3H3/b8-6+. The van der Waals surface area contributed by atoms with Crippen molar-refractivity contribution in [1.29, 1.82) is 0 Å². The van der Waals surface area contributed by atoms with Crippen LogP contribution in [0.5, 0.6) is 0 Å². The van der Waals surface area contributed by atoms with Crippen LogP contribution in [-0.4, -0.2) is 13.9 Å². The summed E-state index contributed by atoms with van der Waals surface area (Å²) in [4.78, 5) is 0. The monoisotopic (exact) mass is 298 g/mol. The highest BCUT2D eigenvalue weighted by Crippen LogP contribution is 2.40. The Kier molecular flexibility index (Phi) is 4.39. The van der Waals surface area contributed by atoms with Crippen LogP contribution in [0, 0.1) is 5.41 Å². The number of halogens is 3. The summed E-state index contributed by atoms with van der Waals surface area (Å²) in [6, 6.07) is 0. The van der Waals surface area contributed by atoms with Crippen LogP contribution in [0.2, 0.25) is 0 Å². The molecular weight excluding hydrogens is 281 g/mol. The topological polar surface area (TPSA) is 43.4 Å². The quantitative estimate of drug-likeness (QED) is 0.451. The molecule has 0 saturated carbocycles. The third-order valence-electron chi connectivity index (χ3n) is 3.24. The molecule has 0 atom stereocenters. The molecule has 1 aliphatic rings. The lowest BCUT2D eigenvalue weighted by molar-refractivity contribution is -0.0514. The highest BCUT2D eigenvalue weighted by Gasteiger charge is 2.47. The van der Waals surface area contributed by atoms with Gasteiger partial charge >= 0.3 is 15.6 Å².